The Labute approximate surface area is 147 Å². The lowest BCUT2D eigenvalue weighted by molar-refractivity contribution is 0.437. The number of nitrogens with zero attached hydrogens (tertiary/aromatic N) is 1. The van der Waals surface area contributed by atoms with Gasteiger partial charge >= 0.3 is 0 Å². The van der Waals surface area contributed by atoms with Crippen molar-refractivity contribution in [2.75, 3.05) is 26.4 Å². The van der Waals surface area contributed by atoms with Crippen molar-refractivity contribution in [1.29, 1.82) is 0 Å². The van der Waals surface area contributed by atoms with Gasteiger partial charge in [0.2, 0.25) is 0 Å². The van der Waals surface area contributed by atoms with Crippen LogP contribution in [0.15, 0.2) is 36.4 Å². The van der Waals surface area contributed by atoms with E-state index in [0.717, 1.165) is 35.2 Å². The highest BCUT2D eigenvalue weighted by atomic mass is 35.5. The van der Waals surface area contributed by atoms with Crippen molar-refractivity contribution in [3.63, 3.8) is 0 Å². The number of hydrogen-bond donors (Lipinski definition) is 0. The van der Waals surface area contributed by atoms with Crippen LogP contribution in [0.4, 0.5) is 0 Å². The number of thioether (sulfide) groups is 1. The van der Waals surface area contributed by atoms with E-state index in [1.165, 1.54) is 16.7 Å². The van der Waals surface area contributed by atoms with Crippen LogP contribution in [0.25, 0.3) is 0 Å². The molecule has 1 aliphatic rings. The zero-order valence-electron chi connectivity index (χ0n) is 13.8. The minimum absolute atomic E-state index is 0.367. The second-order valence-corrected chi connectivity index (χ2v) is 8.01. The largest absolute Gasteiger partial charge is 0.457 e. The Kier molecular flexibility index (Phi) is 5.20. The van der Waals surface area contributed by atoms with Crippen molar-refractivity contribution >= 4 is 23.4 Å². The lowest BCUT2D eigenvalue weighted by Gasteiger charge is -2.18. The standard InChI is InChI=1S/C19H22ClNOS/c1-13-4-6-17-14(10-13)11-19(23-9-8-21(2)3)16-12-15(20)5-7-18(16)22-17/h4-7,10,12,19H,8-9,11H2,1-3H3. The molecule has 0 fully saturated rings. The van der Waals surface area contributed by atoms with Crippen LogP contribution in [-0.2, 0) is 6.42 Å². The number of aryl methyl sites for hydroxylation is 1. The van der Waals surface area contributed by atoms with Crippen LogP contribution in [0.5, 0.6) is 11.5 Å². The van der Waals surface area contributed by atoms with Gasteiger partial charge in [-0.05, 0) is 57.3 Å². The molecule has 0 saturated carbocycles. The number of hydrogen-bond acceptors (Lipinski definition) is 3. The summed E-state index contributed by atoms with van der Waals surface area (Å²) in [5.41, 5.74) is 3.75. The van der Waals surface area contributed by atoms with E-state index in [2.05, 4.69) is 50.2 Å². The molecule has 4 heteroatoms. The molecule has 1 atom stereocenters. The molecule has 23 heavy (non-hydrogen) atoms. The summed E-state index contributed by atoms with van der Waals surface area (Å²) in [6.45, 7) is 3.20. The summed E-state index contributed by atoms with van der Waals surface area (Å²) >= 11 is 8.22. The Morgan fingerprint density at radius 3 is 2.74 bits per heavy atom. The molecule has 0 aliphatic carbocycles. The third-order valence-corrected chi connectivity index (χ3v) is 5.49. The predicted molar refractivity (Wildman–Crippen MR) is 100 cm³/mol. The van der Waals surface area contributed by atoms with Crippen molar-refractivity contribution in [2.45, 2.75) is 18.6 Å². The van der Waals surface area contributed by atoms with Gasteiger partial charge in [-0.1, -0.05) is 29.3 Å². The first kappa shape index (κ1) is 16.7. The fourth-order valence-electron chi connectivity index (χ4n) is 2.79. The van der Waals surface area contributed by atoms with E-state index in [1.54, 1.807) is 0 Å². The Balaban J connectivity index is 1.94. The van der Waals surface area contributed by atoms with Crippen molar-refractivity contribution in [1.82, 2.24) is 4.90 Å². The Morgan fingerprint density at radius 2 is 1.96 bits per heavy atom. The lowest BCUT2D eigenvalue weighted by atomic mass is 10.0. The molecule has 122 valence electrons. The van der Waals surface area contributed by atoms with Gasteiger partial charge in [-0.15, -0.1) is 0 Å². The zero-order chi connectivity index (χ0) is 16.4. The molecule has 0 saturated heterocycles. The van der Waals surface area contributed by atoms with Gasteiger partial charge < -0.3 is 9.64 Å². The highest BCUT2D eigenvalue weighted by Gasteiger charge is 2.24. The third-order valence-electron chi connectivity index (χ3n) is 4.02. The molecule has 3 rings (SSSR count). The summed E-state index contributed by atoms with van der Waals surface area (Å²) < 4.78 is 6.19. The quantitative estimate of drug-likeness (QED) is 0.741. The van der Waals surface area contributed by atoms with Crippen LogP contribution in [0.3, 0.4) is 0 Å². The van der Waals surface area contributed by atoms with Crippen molar-refractivity contribution < 1.29 is 4.74 Å². The topological polar surface area (TPSA) is 12.5 Å². The second kappa shape index (κ2) is 7.16. The molecule has 0 amide bonds. The van der Waals surface area contributed by atoms with Gasteiger partial charge in [0.05, 0.1) is 0 Å². The zero-order valence-corrected chi connectivity index (χ0v) is 15.4. The monoisotopic (exact) mass is 347 g/mol. The van der Waals surface area contributed by atoms with Crippen LogP contribution in [0.2, 0.25) is 5.02 Å². The Bertz CT molecular complexity index is 702. The molecular weight excluding hydrogens is 326 g/mol. The fraction of sp³-hybridized carbons (Fsp3) is 0.368. The minimum Gasteiger partial charge on any atom is -0.457 e. The van der Waals surface area contributed by atoms with E-state index < -0.39 is 0 Å². The number of halogens is 1. The molecule has 0 N–H and O–H groups in total. The van der Waals surface area contributed by atoms with E-state index in [0.29, 0.717) is 5.25 Å². The molecule has 1 heterocycles. The molecule has 2 aromatic carbocycles. The molecule has 0 radical (unpaired) electrons. The number of ether oxygens (including phenoxy) is 1. The summed E-state index contributed by atoms with van der Waals surface area (Å²) in [7, 11) is 4.22. The van der Waals surface area contributed by atoms with Crippen molar-refractivity contribution in [3.05, 3.63) is 58.1 Å². The van der Waals surface area contributed by atoms with Crippen LogP contribution in [0, 0.1) is 6.92 Å². The first-order valence-corrected chi connectivity index (χ1v) is 9.29. The molecule has 0 spiro atoms. The van der Waals surface area contributed by atoms with Gasteiger partial charge in [-0.2, -0.15) is 11.8 Å². The van der Waals surface area contributed by atoms with E-state index >= 15 is 0 Å². The highest BCUT2D eigenvalue weighted by Crippen LogP contribution is 2.45. The normalized spacial score (nSPS) is 16.5. The Hall–Kier alpha value is -1.16. The first-order valence-electron chi connectivity index (χ1n) is 7.86. The van der Waals surface area contributed by atoms with E-state index in [-0.39, 0.29) is 0 Å². The maximum atomic E-state index is 6.24. The van der Waals surface area contributed by atoms with Gasteiger partial charge in [0.1, 0.15) is 11.5 Å². The average Bonchev–Trinajstić information content (AvgIpc) is 2.63. The maximum absolute atomic E-state index is 6.24. The molecule has 0 bridgehead atoms. The molecule has 1 unspecified atom stereocenters. The highest BCUT2D eigenvalue weighted by molar-refractivity contribution is 7.99. The van der Waals surface area contributed by atoms with Gasteiger partial charge in [0.25, 0.3) is 0 Å². The van der Waals surface area contributed by atoms with Crippen molar-refractivity contribution in [2.24, 2.45) is 0 Å². The number of rotatable bonds is 4. The van der Waals surface area contributed by atoms with E-state index in [1.807, 2.05) is 23.9 Å². The van der Waals surface area contributed by atoms with Gasteiger partial charge in [-0.25, -0.2) is 0 Å². The number of fused-ring (bicyclic) bond motifs is 2. The lowest BCUT2D eigenvalue weighted by Crippen LogP contribution is -2.15. The van der Waals surface area contributed by atoms with Gasteiger partial charge in [-0.3, -0.25) is 0 Å². The Morgan fingerprint density at radius 1 is 1.17 bits per heavy atom. The predicted octanol–water partition coefficient (Wildman–Crippen LogP) is 5.33. The molecular formula is C19H22ClNOS. The maximum Gasteiger partial charge on any atom is 0.131 e. The molecule has 2 aromatic rings. The van der Waals surface area contributed by atoms with E-state index in [4.69, 9.17) is 16.3 Å². The van der Waals surface area contributed by atoms with Crippen molar-refractivity contribution in [3.8, 4) is 11.5 Å². The first-order chi connectivity index (χ1) is 11.0. The van der Waals surface area contributed by atoms with Crippen LogP contribution >= 0.6 is 23.4 Å². The smallest absolute Gasteiger partial charge is 0.131 e. The summed E-state index contributed by atoms with van der Waals surface area (Å²) in [5, 5.41) is 1.14. The fourth-order valence-corrected chi connectivity index (χ4v) is 4.38. The SMILES string of the molecule is Cc1ccc2c(c1)CC(SCCN(C)C)c1cc(Cl)ccc1O2. The third kappa shape index (κ3) is 4.03. The van der Waals surface area contributed by atoms with Gasteiger partial charge in [0, 0.05) is 28.1 Å². The van der Waals surface area contributed by atoms with Crippen LogP contribution in [0.1, 0.15) is 21.9 Å². The summed E-state index contributed by atoms with van der Waals surface area (Å²) in [6.07, 6.45) is 0.975. The molecule has 2 nitrogen and oxygen atoms in total. The summed E-state index contributed by atoms with van der Waals surface area (Å²) in [5.74, 6) is 2.99. The van der Waals surface area contributed by atoms with E-state index in [9.17, 15) is 0 Å². The molecule has 0 aromatic heterocycles. The van der Waals surface area contributed by atoms with Crippen LogP contribution < -0.4 is 4.74 Å². The van der Waals surface area contributed by atoms with Crippen LogP contribution in [-0.4, -0.2) is 31.3 Å². The average molecular weight is 348 g/mol. The summed E-state index contributed by atoms with van der Waals surface area (Å²) in [6, 6.07) is 12.4. The minimum atomic E-state index is 0.367. The van der Waals surface area contributed by atoms with Gasteiger partial charge in [0.15, 0.2) is 0 Å². The molecule has 1 aliphatic heterocycles. The summed E-state index contributed by atoms with van der Waals surface area (Å²) in [4.78, 5) is 2.22. The number of benzene rings is 2. The second-order valence-electron chi connectivity index (χ2n) is 6.26.